The summed E-state index contributed by atoms with van der Waals surface area (Å²) in [6, 6.07) is 7.74. The largest absolute Gasteiger partial charge is 0.386 e. The highest BCUT2D eigenvalue weighted by Crippen LogP contribution is 2.32. The van der Waals surface area contributed by atoms with E-state index in [2.05, 4.69) is 19.2 Å². The van der Waals surface area contributed by atoms with Gasteiger partial charge in [0.05, 0.1) is 54.8 Å². The Morgan fingerprint density at radius 2 is 1.52 bits per heavy atom. The monoisotopic (exact) mass is 731 g/mol. The van der Waals surface area contributed by atoms with Crippen molar-refractivity contribution in [3.8, 4) is 0 Å². The molecule has 2 N–H and O–H groups in total. The van der Waals surface area contributed by atoms with Gasteiger partial charge in [-0.05, 0) is 50.1 Å². The SMILES string of the molecule is CC[C@H](C)[C@@H]([C@@H](CC(=O)N1CCC[C@H]1[C@H](OC)[C@@H](C)C(=O)N(C)[C@H](C)[C@@H](O)c1ccccc1)OC)N(C)C(=O)[C@@H](CC(=O)[C@@H](NC)C(C)C)C(C)C. The molecule has 1 aliphatic rings. The Hall–Kier alpha value is -2.86. The molecule has 11 nitrogen and oxygen atoms in total. The molecule has 2 rings (SSSR count). The standard InChI is InChI=1S/C41H70N4O7/c1-14-27(6)37(44(11)41(50)31(25(2)3)23-33(46)36(42-9)26(4)5)34(51-12)24-35(47)45-22-18-21-32(45)39(52-13)28(7)40(49)43(10)29(8)38(48)30-19-16-15-17-20-30/h15-17,19-20,25-29,31-32,34,36-39,42,48H,14,18,21-24H2,1-13H3/t27-,28+,29+,31-,32-,34+,36-,37-,38+,39+/m0/s1. The number of hydrogen-bond donors (Lipinski definition) is 2. The summed E-state index contributed by atoms with van der Waals surface area (Å²) in [6.07, 6.45) is 0.408. The zero-order valence-corrected chi connectivity index (χ0v) is 34.3. The van der Waals surface area contributed by atoms with Crippen LogP contribution in [-0.4, -0.2) is 122 Å². The van der Waals surface area contributed by atoms with Crippen LogP contribution in [-0.2, 0) is 28.7 Å². The van der Waals surface area contributed by atoms with Crippen LogP contribution in [0.5, 0.6) is 0 Å². The van der Waals surface area contributed by atoms with Crippen LogP contribution in [0, 0.1) is 29.6 Å². The third kappa shape index (κ3) is 11.1. The second kappa shape index (κ2) is 21.1. The van der Waals surface area contributed by atoms with Gasteiger partial charge in [0, 0.05) is 47.2 Å². The number of hydrogen-bond acceptors (Lipinski definition) is 8. The molecule has 11 heteroatoms. The van der Waals surface area contributed by atoms with Crippen LogP contribution in [0.3, 0.4) is 0 Å². The zero-order chi connectivity index (χ0) is 39.4. The highest BCUT2D eigenvalue weighted by Gasteiger charge is 2.44. The van der Waals surface area contributed by atoms with E-state index in [0.29, 0.717) is 13.0 Å². The number of carbonyl (C=O) groups is 4. The van der Waals surface area contributed by atoms with Gasteiger partial charge in [0.2, 0.25) is 17.7 Å². The minimum atomic E-state index is -0.857. The predicted octanol–water partition coefficient (Wildman–Crippen LogP) is 4.96. The number of benzene rings is 1. The first-order valence-electron chi connectivity index (χ1n) is 19.3. The van der Waals surface area contributed by atoms with Crippen molar-refractivity contribution >= 4 is 23.5 Å². The molecule has 0 aliphatic carbocycles. The molecule has 1 heterocycles. The summed E-state index contributed by atoms with van der Waals surface area (Å²) in [5, 5.41) is 14.1. The van der Waals surface area contributed by atoms with E-state index in [1.807, 2.05) is 76.8 Å². The van der Waals surface area contributed by atoms with Gasteiger partial charge in [0.25, 0.3) is 0 Å². The molecule has 0 unspecified atom stereocenters. The lowest BCUT2D eigenvalue weighted by Gasteiger charge is -2.41. The number of aliphatic hydroxyl groups excluding tert-OH is 1. The molecule has 0 saturated carbocycles. The summed E-state index contributed by atoms with van der Waals surface area (Å²) in [5.74, 6) is -1.43. The maximum absolute atomic E-state index is 14.2. The number of nitrogens with zero attached hydrogens (tertiary/aromatic N) is 3. The average molecular weight is 731 g/mol. The topological polar surface area (TPSA) is 129 Å². The maximum atomic E-state index is 14.2. The first kappa shape index (κ1) is 45.3. The molecule has 1 aromatic rings. The second-order valence-electron chi connectivity index (χ2n) is 15.7. The van der Waals surface area contributed by atoms with E-state index in [4.69, 9.17) is 9.47 Å². The molecule has 0 bridgehead atoms. The van der Waals surface area contributed by atoms with Gasteiger partial charge in [-0.1, -0.05) is 85.2 Å². The summed E-state index contributed by atoms with van der Waals surface area (Å²) in [7, 11) is 8.39. The van der Waals surface area contributed by atoms with Crippen LogP contribution in [0.1, 0.15) is 99.2 Å². The van der Waals surface area contributed by atoms with Gasteiger partial charge in [-0.25, -0.2) is 0 Å². The third-order valence-corrected chi connectivity index (χ3v) is 11.7. The summed E-state index contributed by atoms with van der Waals surface area (Å²) in [4.78, 5) is 60.6. The average Bonchev–Trinajstić information content (AvgIpc) is 3.62. The number of Topliss-reactive ketones (excluding diaryl/α,β-unsaturated/α-hetero) is 1. The van der Waals surface area contributed by atoms with Crippen molar-refractivity contribution in [2.75, 3.05) is 41.9 Å². The molecule has 0 aromatic heterocycles. The van der Waals surface area contributed by atoms with E-state index in [1.54, 1.807) is 45.2 Å². The highest BCUT2D eigenvalue weighted by molar-refractivity contribution is 5.90. The molecule has 0 spiro atoms. The van der Waals surface area contributed by atoms with Crippen molar-refractivity contribution in [1.82, 2.24) is 20.0 Å². The lowest BCUT2D eigenvalue weighted by Crippen LogP contribution is -2.54. The van der Waals surface area contributed by atoms with Crippen molar-refractivity contribution in [3.05, 3.63) is 35.9 Å². The summed E-state index contributed by atoms with van der Waals surface area (Å²) < 4.78 is 12.0. The molecule has 0 radical (unpaired) electrons. The van der Waals surface area contributed by atoms with Gasteiger partial charge < -0.3 is 34.6 Å². The summed E-state index contributed by atoms with van der Waals surface area (Å²) in [6.45, 7) is 16.2. The van der Waals surface area contributed by atoms with Crippen LogP contribution in [0.15, 0.2) is 30.3 Å². The van der Waals surface area contributed by atoms with Crippen molar-refractivity contribution in [2.24, 2.45) is 29.6 Å². The fourth-order valence-corrected chi connectivity index (χ4v) is 8.04. The minimum Gasteiger partial charge on any atom is -0.386 e. The number of ether oxygens (including phenoxy) is 2. The van der Waals surface area contributed by atoms with Crippen molar-refractivity contribution in [3.63, 3.8) is 0 Å². The number of amides is 3. The smallest absolute Gasteiger partial charge is 0.228 e. The molecular formula is C41H70N4O7. The van der Waals surface area contributed by atoms with Crippen LogP contribution in [0.4, 0.5) is 0 Å². The number of carbonyl (C=O) groups excluding carboxylic acids is 4. The Bertz CT molecular complexity index is 1280. The van der Waals surface area contributed by atoms with Crippen LogP contribution < -0.4 is 5.32 Å². The van der Waals surface area contributed by atoms with E-state index >= 15 is 0 Å². The Morgan fingerprint density at radius 1 is 0.904 bits per heavy atom. The summed E-state index contributed by atoms with van der Waals surface area (Å²) >= 11 is 0. The number of methoxy groups -OCH3 is 2. The Balaban J connectivity index is 2.28. The van der Waals surface area contributed by atoms with Crippen molar-refractivity contribution < 1.29 is 33.8 Å². The second-order valence-corrected chi connectivity index (χ2v) is 15.7. The van der Waals surface area contributed by atoms with E-state index in [1.165, 1.54) is 0 Å². The molecule has 3 amide bonds. The number of rotatable bonds is 21. The normalized spacial score (nSPS) is 20.1. The van der Waals surface area contributed by atoms with Gasteiger partial charge in [-0.3, -0.25) is 19.2 Å². The molecule has 52 heavy (non-hydrogen) atoms. The van der Waals surface area contributed by atoms with Gasteiger partial charge in [-0.15, -0.1) is 0 Å². The fourth-order valence-electron chi connectivity index (χ4n) is 8.04. The van der Waals surface area contributed by atoms with E-state index in [-0.39, 0.29) is 66.2 Å². The molecule has 1 aliphatic heterocycles. The van der Waals surface area contributed by atoms with E-state index in [9.17, 15) is 24.3 Å². The Kier molecular flexibility index (Phi) is 18.4. The van der Waals surface area contributed by atoms with E-state index in [0.717, 1.165) is 18.4 Å². The minimum absolute atomic E-state index is 0.0124. The Labute approximate surface area is 314 Å². The molecule has 1 aromatic carbocycles. The molecule has 1 fully saturated rings. The lowest BCUT2D eigenvalue weighted by atomic mass is 9.84. The van der Waals surface area contributed by atoms with Crippen LogP contribution in [0.2, 0.25) is 0 Å². The number of ketones is 1. The first-order chi connectivity index (χ1) is 24.5. The molecular weight excluding hydrogens is 660 g/mol. The lowest BCUT2D eigenvalue weighted by molar-refractivity contribution is -0.150. The van der Waals surface area contributed by atoms with Gasteiger partial charge in [0.1, 0.15) is 0 Å². The number of aliphatic hydroxyl groups is 1. The van der Waals surface area contributed by atoms with Crippen molar-refractivity contribution in [2.45, 2.75) is 130 Å². The molecule has 10 atom stereocenters. The third-order valence-electron chi connectivity index (χ3n) is 11.7. The zero-order valence-electron chi connectivity index (χ0n) is 34.3. The van der Waals surface area contributed by atoms with Gasteiger partial charge in [-0.2, -0.15) is 0 Å². The van der Waals surface area contributed by atoms with Crippen LogP contribution in [0.25, 0.3) is 0 Å². The number of nitrogens with one attached hydrogen (secondary N) is 1. The number of likely N-dealkylation sites (tertiary alicyclic amines) is 1. The number of likely N-dealkylation sites (N-methyl/N-ethyl adjacent to an activating group) is 3. The van der Waals surface area contributed by atoms with Gasteiger partial charge in [0.15, 0.2) is 5.78 Å². The molecule has 296 valence electrons. The highest BCUT2D eigenvalue weighted by atomic mass is 16.5. The Morgan fingerprint density at radius 3 is 2.02 bits per heavy atom. The first-order valence-corrected chi connectivity index (χ1v) is 19.3. The molecule has 1 saturated heterocycles. The van der Waals surface area contributed by atoms with Crippen LogP contribution >= 0.6 is 0 Å². The van der Waals surface area contributed by atoms with Gasteiger partial charge >= 0.3 is 0 Å². The maximum Gasteiger partial charge on any atom is 0.228 e. The quantitative estimate of drug-likeness (QED) is 0.182. The fraction of sp³-hybridized carbons (Fsp3) is 0.756. The van der Waals surface area contributed by atoms with E-state index < -0.39 is 42.2 Å². The summed E-state index contributed by atoms with van der Waals surface area (Å²) in [5.41, 5.74) is 0.732. The predicted molar refractivity (Wildman–Crippen MR) is 205 cm³/mol. The van der Waals surface area contributed by atoms with Crippen molar-refractivity contribution in [1.29, 1.82) is 0 Å².